The fourth-order valence-electron chi connectivity index (χ4n) is 4.16. The molecule has 0 saturated heterocycles. The molecule has 0 saturated carbocycles. The second kappa shape index (κ2) is 7.33. The first-order chi connectivity index (χ1) is 13.6. The maximum absolute atomic E-state index is 3.61. The highest BCUT2D eigenvalue weighted by Crippen LogP contribution is 2.45. The molecule has 1 nitrogen and oxygen atoms in total. The number of hydrogen-bond donors (Lipinski definition) is 1. The van der Waals surface area contributed by atoms with Crippen molar-refractivity contribution in [1.82, 2.24) is 4.98 Å². The Morgan fingerprint density at radius 1 is 0.786 bits per heavy atom. The SMILES string of the molecule is Brc1ccc(C(C2=CCc3cc(Br)ccc32)c2c[nH]c3cc(Br)ccc23)cc1. The summed E-state index contributed by atoms with van der Waals surface area (Å²) in [6.07, 6.45) is 5.54. The molecule has 0 bridgehead atoms. The Morgan fingerprint density at radius 3 is 2.32 bits per heavy atom. The lowest BCUT2D eigenvalue weighted by atomic mass is 9.82. The Bertz CT molecular complexity index is 1220. The van der Waals surface area contributed by atoms with Crippen molar-refractivity contribution < 1.29 is 0 Å². The van der Waals surface area contributed by atoms with E-state index in [2.05, 4.69) is 126 Å². The first kappa shape index (κ1) is 18.4. The molecule has 1 heterocycles. The van der Waals surface area contributed by atoms with Crippen molar-refractivity contribution in [3.63, 3.8) is 0 Å². The number of halogens is 3. The zero-order valence-electron chi connectivity index (χ0n) is 14.8. The third-order valence-electron chi connectivity index (χ3n) is 5.42. The van der Waals surface area contributed by atoms with Crippen LogP contribution in [-0.2, 0) is 6.42 Å². The molecule has 28 heavy (non-hydrogen) atoms. The summed E-state index contributed by atoms with van der Waals surface area (Å²) in [5.74, 6) is 0.186. The average Bonchev–Trinajstić information content (AvgIpc) is 3.28. The van der Waals surface area contributed by atoms with E-state index >= 15 is 0 Å². The third-order valence-corrected chi connectivity index (χ3v) is 6.94. The Labute approximate surface area is 189 Å². The molecule has 0 fully saturated rings. The van der Waals surface area contributed by atoms with Crippen LogP contribution in [-0.4, -0.2) is 4.98 Å². The summed E-state index contributed by atoms with van der Waals surface area (Å²) < 4.78 is 3.32. The van der Waals surface area contributed by atoms with E-state index in [0.717, 1.165) is 25.4 Å². The molecule has 1 N–H and O–H groups in total. The lowest BCUT2D eigenvalue weighted by molar-refractivity contribution is 1.06. The summed E-state index contributed by atoms with van der Waals surface area (Å²) in [4.78, 5) is 3.47. The topological polar surface area (TPSA) is 15.8 Å². The predicted molar refractivity (Wildman–Crippen MR) is 128 cm³/mol. The van der Waals surface area contributed by atoms with Gasteiger partial charge in [-0.2, -0.15) is 0 Å². The number of rotatable bonds is 3. The van der Waals surface area contributed by atoms with Crippen molar-refractivity contribution in [1.29, 1.82) is 0 Å². The highest BCUT2D eigenvalue weighted by atomic mass is 79.9. The van der Waals surface area contributed by atoms with Gasteiger partial charge < -0.3 is 4.98 Å². The van der Waals surface area contributed by atoms with Gasteiger partial charge in [-0.15, -0.1) is 0 Å². The lowest BCUT2D eigenvalue weighted by Crippen LogP contribution is -2.03. The molecule has 4 aromatic rings. The van der Waals surface area contributed by atoms with Crippen molar-refractivity contribution >= 4 is 64.3 Å². The molecule has 138 valence electrons. The van der Waals surface area contributed by atoms with Gasteiger partial charge in [-0.1, -0.05) is 78.1 Å². The van der Waals surface area contributed by atoms with E-state index in [-0.39, 0.29) is 5.92 Å². The van der Waals surface area contributed by atoms with Crippen molar-refractivity contribution in [2.24, 2.45) is 0 Å². The van der Waals surface area contributed by atoms with Crippen LogP contribution in [0.25, 0.3) is 16.5 Å². The number of nitrogens with one attached hydrogen (secondary N) is 1. The fraction of sp³-hybridized carbons (Fsp3) is 0.0833. The first-order valence-corrected chi connectivity index (χ1v) is 11.5. The molecular formula is C24H16Br3N. The summed E-state index contributed by atoms with van der Waals surface area (Å²) in [5.41, 5.74) is 7.88. The lowest BCUT2D eigenvalue weighted by Gasteiger charge is -2.21. The van der Waals surface area contributed by atoms with Crippen LogP contribution in [0.4, 0.5) is 0 Å². The predicted octanol–water partition coefficient (Wildman–Crippen LogP) is 8.23. The molecule has 0 radical (unpaired) electrons. The minimum atomic E-state index is 0.186. The van der Waals surface area contributed by atoms with E-state index in [1.54, 1.807) is 0 Å². The van der Waals surface area contributed by atoms with Gasteiger partial charge in [0, 0.05) is 36.4 Å². The van der Waals surface area contributed by atoms with Crippen molar-refractivity contribution in [2.75, 3.05) is 0 Å². The molecule has 1 atom stereocenters. The average molecular weight is 558 g/mol. The number of hydrogen-bond acceptors (Lipinski definition) is 0. The van der Waals surface area contributed by atoms with Crippen molar-refractivity contribution in [3.05, 3.63) is 109 Å². The number of aromatic amines is 1. The van der Waals surface area contributed by atoms with Crippen LogP contribution in [0.15, 0.2) is 86.4 Å². The number of allylic oxidation sites excluding steroid dienone is 2. The monoisotopic (exact) mass is 555 g/mol. The van der Waals surface area contributed by atoms with E-state index in [1.807, 2.05) is 0 Å². The first-order valence-electron chi connectivity index (χ1n) is 9.11. The molecule has 1 aliphatic rings. The Balaban J connectivity index is 1.72. The van der Waals surface area contributed by atoms with Gasteiger partial charge in [-0.05, 0) is 70.6 Å². The zero-order chi connectivity index (χ0) is 19.3. The Hall–Kier alpha value is -1.62. The van der Waals surface area contributed by atoms with Crippen LogP contribution in [0.2, 0.25) is 0 Å². The normalized spacial score (nSPS) is 14.2. The Kier molecular flexibility index (Phi) is 4.82. The number of H-pyrrole nitrogens is 1. The summed E-state index contributed by atoms with van der Waals surface area (Å²) >= 11 is 10.8. The molecule has 0 spiro atoms. The molecular weight excluding hydrogens is 542 g/mol. The third kappa shape index (κ3) is 3.22. The molecule has 0 amide bonds. The maximum atomic E-state index is 3.61. The van der Waals surface area contributed by atoms with Gasteiger partial charge in [0.1, 0.15) is 0 Å². The van der Waals surface area contributed by atoms with Gasteiger partial charge in [0.25, 0.3) is 0 Å². The standard InChI is InChI=1S/C24H16Br3N/c25-16-4-1-14(2-5-16)24(21-8-3-15-11-17(26)6-9-19(15)21)22-13-28-23-12-18(27)7-10-20(22)23/h1-2,4-13,24,28H,3H2. The van der Waals surface area contributed by atoms with Gasteiger partial charge >= 0.3 is 0 Å². The van der Waals surface area contributed by atoms with Crippen molar-refractivity contribution in [3.8, 4) is 0 Å². The van der Waals surface area contributed by atoms with Crippen LogP contribution in [0.5, 0.6) is 0 Å². The van der Waals surface area contributed by atoms with E-state index in [1.165, 1.54) is 33.2 Å². The van der Waals surface area contributed by atoms with Crippen LogP contribution in [0.3, 0.4) is 0 Å². The Morgan fingerprint density at radius 2 is 1.50 bits per heavy atom. The van der Waals surface area contributed by atoms with Gasteiger partial charge in [-0.3, -0.25) is 0 Å². The van der Waals surface area contributed by atoms with Crippen LogP contribution >= 0.6 is 47.8 Å². The van der Waals surface area contributed by atoms with E-state index in [0.29, 0.717) is 0 Å². The largest absolute Gasteiger partial charge is 0.361 e. The smallest absolute Gasteiger partial charge is 0.0468 e. The number of aromatic nitrogens is 1. The molecule has 1 unspecified atom stereocenters. The summed E-state index contributed by atoms with van der Waals surface area (Å²) in [5, 5.41) is 1.27. The van der Waals surface area contributed by atoms with Gasteiger partial charge in [-0.25, -0.2) is 0 Å². The summed E-state index contributed by atoms with van der Waals surface area (Å²) in [6.45, 7) is 0. The second-order valence-corrected chi connectivity index (χ2v) is 9.83. The highest BCUT2D eigenvalue weighted by molar-refractivity contribution is 9.11. The van der Waals surface area contributed by atoms with Crippen LogP contribution in [0, 0.1) is 0 Å². The maximum Gasteiger partial charge on any atom is 0.0468 e. The van der Waals surface area contributed by atoms with Crippen LogP contribution < -0.4 is 0 Å². The summed E-state index contributed by atoms with van der Waals surface area (Å²) in [7, 11) is 0. The minimum Gasteiger partial charge on any atom is -0.361 e. The fourth-order valence-corrected chi connectivity index (χ4v) is 5.19. The van der Waals surface area contributed by atoms with E-state index < -0.39 is 0 Å². The van der Waals surface area contributed by atoms with Crippen LogP contribution in [0.1, 0.15) is 28.2 Å². The van der Waals surface area contributed by atoms with Crippen molar-refractivity contribution in [2.45, 2.75) is 12.3 Å². The number of benzene rings is 3. The minimum absolute atomic E-state index is 0.186. The molecule has 0 aliphatic heterocycles. The molecule has 1 aliphatic carbocycles. The summed E-state index contributed by atoms with van der Waals surface area (Å²) in [6, 6.07) is 21.8. The van der Waals surface area contributed by atoms with Gasteiger partial charge in [0.2, 0.25) is 0 Å². The molecule has 1 aromatic heterocycles. The van der Waals surface area contributed by atoms with Gasteiger partial charge in [0.15, 0.2) is 0 Å². The number of fused-ring (bicyclic) bond motifs is 2. The zero-order valence-corrected chi connectivity index (χ0v) is 19.6. The molecule has 5 rings (SSSR count). The van der Waals surface area contributed by atoms with E-state index in [4.69, 9.17) is 0 Å². The van der Waals surface area contributed by atoms with E-state index in [9.17, 15) is 0 Å². The second-order valence-electron chi connectivity index (χ2n) is 7.08. The molecule has 4 heteroatoms. The highest BCUT2D eigenvalue weighted by Gasteiger charge is 2.27. The van der Waals surface area contributed by atoms with Gasteiger partial charge in [0.05, 0.1) is 0 Å². The quantitative estimate of drug-likeness (QED) is 0.261. The molecule has 3 aromatic carbocycles.